The van der Waals surface area contributed by atoms with Crippen LogP contribution in [0.25, 0.3) is 0 Å². The molecular weight excluding hydrogens is 368 g/mol. The number of hydrazine groups is 2. The normalized spacial score (nSPS) is 10.8. The van der Waals surface area contributed by atoms with Crippen molar-refractivity contribution >= 4 is 12.1 Å². The first-order valence-corrected chi connectivity index (χ1v) is 11.6. The molecule has 0 aliphatic rings. The van der Waals surface area contributed by atoms with Gasteiger partial charge in [-0.3, -0.25) is 10.0 Å². The van der Waals surface area contributed by atoms with E-state index in [1.54, 1.807) is 0 Å². The van der Waals surface area contributed by atoms with Crippen LogP contribution in [-0.2, 0) is 0 Å². The molecule has 0 spiro atoms. The molecule has 0 aliphatic carbocycles. The molecule has 29 heavy (non-hydrogen) atoms. The summed E-state index contributed by atoms with van der Waals surface area (Å²) in [5, 5.41) is 2.17. The van der Waals surface area contributed by atoms with Crippen molar-refractivity contribution in [2.45, 2.75) is 109 Å². The largest absolute Gasteiger partial charge is 0.350 e. The van der Waals surface area contributed by atoms with Gasteiger partial charge in [-0.2, -0.15) is 0 Å². The molecule has 172 valence electrons. The highest BCUT2D eigenvalue weighted by atomic mass is 16.2. The molecule has 8 heteroatoms. The highest BCUT2D eigenvalue weighted by Gasteiger charge is 2.03. The molecule has 0 rings (SSSR count). The van der Waals surface area contributed by atoms with Gasteiger partial charge in [0.1, 0.15) is 0 Å². The topological polar surface area (TPSA) is 145 Å². The number of amides is 4. The fourth-order valence-electron chi connectivity index (χ4n) is 3.44. The quantitative estimate of drug-likeness (QED) is 0.103. The molecule has 0 radical (unpaired) electrons. The van der Waals surface area contributed by atoms with E-state index in [-0.39, 0.29) is 0 Å². The van der Waals surface area contributed by atoms with Crippen molar-refractivity contribution in [3.05, 3.63) is 0 Å². The molecule has 8 nitrogen and oxygen atoms in total. The monoisotopic (exact) mass is 414 g/mol. The van der Waals surface area contributed by atoms with Crippen LogP contribution in [0, 0.1) is 0 Å². The lowest BCUT2D eigenvalue weighted by Crippen LogP contribution is -2.41. The summed E-state index contributed by atoms with van der Waals surface area (Å²) in [5.74, 6) is 10.9. The number of urea groups is 2. The molecule has 8 N–H and O–H groups in total. The maximum Gasteiger partial charge on any atom is 0.328 e. The average molecular weight is 415 g/mol. The zero-order chi connectivity index (χ0) is 21.7. The molecule has 0 bridgehead atoms. The van der Waals surface area contributed by atoms with Crippen molar-refractivity contribution in [2.75, 3.05) is 13.1 Å². The van der Waals surface area contributed by atoms with Crippen molar-refractivity contribution < 1.29 is 9.59 Å². The third-order valence-electron chi connectivity index (χ3n) is 5.36. The van der Waals surface area contributed by atoms with Crippen LogP contribution in [0.2, 0.25) is 0 Å². The summed E-state index contributed by atoms with van der Waals surface area (Å²) in [5.41, 5.74) is 10.1. The standard InChI is InChI=1S/C21H46N6O2/c22-20(28)26(24)18-16-14-12-10-8-6-4-2-1-3-5-7-9-11-13-15-17-19-27(25)21(23)29/h1-19,24-25H2,(H2,22,28)(H2,23,29). The third-order valence-corrected chi connectivity index (χ3v) is 5.36. The maximum atomic E-state index is 10.8. The lowest BCUT2D eigenvalue weighted by atomic mass is 10.0. The van der Waals surface area contributed by atoms with E-state index in [0.717, 1.165) is 35.7 Å². The highest BCUT2D eigenvalue weighted by molar-refractivity contribution is 5.71. The Morgan fingerprint density at radius 2 is 0.586 bits per heavy atom. The maximum absolute atomic E-state index is 10.8. The SMILES string of the molecule is NC(=O)N(N)CCCCCCCCCCCCCCCCCCCN(N)C(N)=O. The highest BCUT2D eigenvalue weighted by Crippen LogP contribution is 2.14. The number of carbonyl (C=O) groups is 2. The van der Waals surface area contributed by atoms with Crippen molar-refractivity contribution in [3.8, 4) is 0 Å². The van der Waals surface area contributed by atoms with E-state index in [9.17, 15) is 9.59 Å². The summed E-state index contributed by atoms with van der Waals surface area (Å²) in [6.45, 7) is 1.11. The second-order valence-corrected chi connectivity index (χ2v) is 8.07. The van der Waals surface area contributed by atoms with Crippen LogP contribution in [0.1, 0.15) is 109 Å². The number of primary amides is 2. The number of rotatable bonds is 20. The smallest absolute Gasteiger partial charge is 0.328 e. The van der Waals surface area contributed by atoms with Crippen LogP contribution in [0.4, 0.5) is 9.59 Å². The minimum absolute atomic E-state index is 0.553. The molecule has 0 heterocycles. The molecular formula is C21H46N6O2. The van der Waals surface area contributed by atoms with Gasteiger partial charge in [0.15, 0.2) is 0 Å². The summed E-state index contributed by atoms with van der Waals surface area (Å²) < 4.78 is 0. The first-order valence-electron chi connectivity index (χ1n) is 11.6. The van der Waals surface area contributed by atoms with E-state index in [0.29, 0.717) is 13.1 Å². The Bertz CT molecular complexity index is 373. The number of carbonyl (C=O) groups excluding carboxylic acids is 2. The lowest BCUT2D eigenvalue weighted by Gasteiger charge is -2.12. The Morgan fingerprint density at radius 3 is 0.759 bits per heavy atom. The first-order chi connectivity index (χ1) is 13.9. The van der Waals surface area contributed by atoms with E-state index < -0.39 is 12.1 Å². The minimum atomic E-state index is -0.553. The van der Waals surface area contributed by atoms with Gasteiger partial charge in [-0.15, -0.1) is 0 Å². The zero-order valence-corrected chi connectivity index (χ0v) is 18.5. The van der Waals surface area contributed by atoms with Gasteiger partial charge in [-0.25, -0.2) is 21.3 Å². The van der Waals surface area contributed by atoms with Crippen LogP contribution in [-0.4, -0.2) is 35.2 Å². The fourth-order valence-corrected chi connectivity index (χ4v) is 3.44. The van der Waals surface area contributed by atoms with Gasteiger partial charge in [-0.1, -0.05) is 96.3 Å². The molecule has 0 unspecified atom stereocenters. The van der Waals surface area contributed by atoms with E-state index >= 15 is 0 Å². The minimum Gasteiger partial charge on any atom is -0.350 e. The lowest BCUT2D eigenvalue weighted by molar-refractivity contribution is 0.207. The van der Waals surface area contributed by atoms with Gasteiger partial charge in [0.2, 0.25) is 0 Å². The Balaban J connectivity index is 3.12. The van der Waals surface area contributed by atoms with E-state index in [2.05, 4.69) is 0 Å². The van der Waals surface area contributed by atoms with E-state index in [1.807, 2.05) is 0 Å². The van der Waals surface area contributed by atoms with Crippen LogP contribution in [0.5, 0.6) is 0 Å². The summed E-state index contributed by atoms with van der Waals surface area (Å²) in [6.07, 6.45) is 21.1. The van der Waals surface area contributed by atoms with Crippen LogP contribution >= 0.6 is 0 Å². The second kappa shape index (κ2) is 19.8. The van der Waals surface area contributed by atoms with Crippen molar-refractivity contribution in [1.29, 1.82) is 0 Å². The number of unbranched alkanes of at least 4 members (excludes halogenated alkanes) is 16. The summed E-state index contributed by atoms with van der Waals surface area (Å²) in [4.78, 5) is 21.5. The molecule has 0 aromatic heterocycles. The number of hydrogen-bond acceptors (Lipinski definition) is 4. The molecule has 0 saturated heterocycles. The average Bonchev–Trinajstić information content (AvgIpc) is 2.69. The molecule has 0 saturated carbocycles. The fraction of sp³-hybridized carbons (Fsp3) is 0.905. The summed E-state index contributed by atoms with van der Waals surface area (Å²) in [6, 6.07) is -1.11. The van der Waals surface area contributed by atoms with Crippen molar-refractivity contribution in [1.82, 2.24) is 10.0 Å². The Labute approximate surface area is 177 Å². The van der Waals surface area contributed by atoms with E-state index in [4.69, 9.17) is 23.2 Å². The molecule has 0 aliphatic heterocycles. The van der Waals surface area contributed by atoms with Gasteiger partial charge in [0.25, 0.3) is 0 Å². The molecule has 0 aromatic rings. The molecule has 0 aromatic carbocycles. The Hall–Kier alpha value is -1.54. The number of nitrogens with two attached hydrogens (primary N) is 4. The predicted molar refractivity (Wildman–Crippen MR) is 119 cm³/mol. The molecule has 0 fully saturated rings. The molecule has 0 atom stereocenters. The van der Waals surface area contributed by atoms with Gasteiger partial charge in [-0.05, 0) is 12.8 Å². The van der Waals surface area contributed by atoms with Crippen LogP contribution < -0.4 is 23.2 Å². The van der Waals surface area contributed by atoms with Crippen LogP contribution in [0.3, 0.4) is 0 Å². The van der Waals surface area contributed by atoms with Gasteiger partial charge in [0, 0.05) is 13.1 Å². The van der Waals surface area contributed by atoms with Gasteiger partial charge < -0.3 is 11.5 Å². The van der Waals surface area contributed by atoms with Gasteiger partial charge >= 0.3 is 12.1 Å². The zero-order valence-electron chi connectivity index (χ0n) is 18.5. The number of nitrogens with zero attached hydrogens (tertiary/aromatic N) is 2. The summed E-state index contributed by atoms with van der Waals surface area (Å²) in [7, 11) is 0. The van der Waals surface area contributed by atoms with Crippen LogP contribution in [0.15, 0.2) is 0 Å². The van der Waals surface area contributed by atoms with Crippen molar-refractivity contribution in [2.24, 2.45) is 23.2 Å². The van der Waals surface area contributed by atoms with E-state index in [1.165, 1.54) is 83.5 Å². The first kappa shape index (κ1) is 27.5. The Kier molecular flexibility index (Phi) is 18.7. The molecule has 4 amide bonds. The van der Waals surface area contributed by atoms with Gasteiger partial charge in [0.05, 0.1) is 0 Å². The third kappa shape index (κ3) is 19.5. The summed E-state index contributed by atoms with van der Waals surface area (Å²) >= 11 is 0. The number of hydrogen-bond donors (Lipinski definition) is 4. The van der Waals surface area contributed by atoms with Crippen molar-refractivity contribution in [3.63, 3.8) is 0 Å². The Morgan fingerprint density at radius 1 is 0.414 bits per heavy atom. The second-order valence-electron chi connectivity index (χ2n) is 8.07. The predicted octanol–water partition coefficient (Wildman–Crippen LogP) is 4.13.